The van der Waals surface area contributed by atoms with Gasteiger partial charge in [0, 0.05) is 16.0 Å². The van der Waals surface area contributed by atoms with E-state index in [1.165, 1.54) is 5.56 Å². The van der Waals surface area contributed by atoms with Gasteiger partial charge in [-0.1, -0.05) is 89.9 Å². The van der Waals surface area contributed by atoms with Gasteiger partial charge in [0.25, 0.3) is 0 Å². The van der Waals surface area contributed by atoms with E-state index < -0.39 is 0 Å². The van der Waals surface area contributed by atoms with Crippen LogP contribution in [0, 0.1) is 5.92 Å². The maximum Gasteiger partial charge on any atom is 0.228 e. The van der Waals surface area contributed by atoms with Crippen molar-refractivity contribution >= 4 is 29.1 Å². The quantitative estimate of drug-likeness (QED) is 0.284. The molecule has 0 radical (unpaired) electrons. The van der Waals surface area contributed by atoms with Gasteiger partial charge in [-0.15, -0.1) is 6.58 Å². The average molecular weight is 510 g/mol. The van der Waals surface area contributed by atoms with E-state index in [4.69, 9.17) is 32.7 Å². The Morgan fingerprint density at radius 1 is 1.06 bits per heavy atom. The Bertz CT molecular complexity index is 1110. The molecule has 0 aromatic heterocycles. The molecule has 0 aliphatic carbocycles. The lowest BCUT2D eigenvalue weighted by atomic mass is 9.93. The van der Waals surface area contributed by atoms with Gasteiger partial charge in [-0.2, -0.15) is 0 Å². The second-order valence-electron chi connectivity index (χ2n) is 8.72. The lowest BCUT2D eigenvalue weighted by molar-refractivity contribution is -0.137. The van der Waals surface area contributed by atoms with Crippen LogP contribution in [0.25, 0.3) is 0 Å². The number of hydrogen-bond donors (Lipinski definition) is 0. The van der Waals surface area contributed by atoms with E-state index in [1.807, 2.05) is 53.4 Å². The molecule has 1 heterocycles. The number of carbonyl (C=O) groups excluding carboxylic acids is 1. The molecule has 1 amide bonds. The summed E-state index contributed by atoms with van der Waals surface area (Å²) in [5, 5.41) is 0.974. The van der Waals surface area contributed by atoms with E-state index >= 15 is 0 Å². The van der Waals surface area contributed by atoms with Crippen LogP contribution in [0.1, 0.15) is 23.1 Å². The van der Waals surface area contributed by atoms with Crippen LogP contribution < -0.4 is 4.74 Å². The molecular weight excluding hydrogens is 481 g/mol. The molecule has 1 aliphatic heterocycles. The smallest absolute Gasteiger partial charge is 0.228 e. The Balaban J connectivity index is 1.46. The van der Waals surface area contributed by atoms with E-state index in [0.29, 0.717) is 41.9 Å². The highest BCUT2D eigenvalue weighted by atomic mass is 35.5. The predicted octanol–water partition coefficient (Wildman–Crippen LogP) is 6.73. The van der Waals surface area contributed by atoms with E-state index in [9.17, 15) is 4.79 Å². The SMILES string of the molecule is C=CC[C@@H](Cc1c(Cl)cc(OCc2ccccc2)cc1Cl)C(=O)N1COC[C@H]1Cc1ccccc1. The molecule has 3 aromatic carbocycles. The number of ether oxygens (including phenoxy) is 2. The molecule has 1 fully saturated rings. The summed E-state index contributed by atoms with van der Waals surface area (Å²) in [5.41, 5.74) is 2.97. The molecule has 6 heteroatoms. The summed E-state index contributed by atoms with van der Waals surface area (Å²) in [6.45, 7) is 5.09. The number of carbonyl (C=O) groups is 1. The first kappa shape index (κ1) is 25.3. The van der Waals surface area contributed by atoms with Crippen LogP contribution in [-0.4, -0.2) is 30.2 Å². The van der Waals surface area contributed by atoms with Crippen LogP contribution in [0.4, 0.5) is 0 Å². The predicted molar refractivity (Wildman–Crippen MR) is 141 cm³/mol. The summed E-state index contributed by atoms with van der Waals surface area (Å²) in [5.74, 6) is 0.286. The molecule has 0 bridgehead atoms. The zero-order chi connectivity index (χ0) is 24.6. The molecule has 35 heavy (non-hydrogen) atoms. The van der Waals surface area contributed by atoms with Crippen LogP contribution in [0.3, 0.4) is 0 Å². The first-order valence-electron chi connectivity index (χ1n) is 11.7. The van der Waals surface area contributed by atoms with Gasteiger partial charge >= 0.3 is 0 Å². The number of halogens is 2. The molecule has 182 valence electrons. The van der Waals surface area contributed by atoms with Crippen molar-refractivity contribution in [1.82, 2.24) is 4.90 Å². The minimum absolute atomic E-state index is 0.00285. The van der Waals surface area contributed by atoms with Crippen molar-refractivity contribution in [3.63, 3.8) is 0 Å². The molecule has 4 nitrogen and oxygen atoms in total. The fraction of sp³-hybridized carbons (Fsp3) is 0.276. The summed E-state index contributed by atoms with van der Waals surface area (Å²) in [4.78, 5) is 15.4. The Hall–Kier alpha value is -2.79. The molecule has 4 rings (SSSR count). The molecule has 0 saturated carbocycles. The number of rotatable bonds is 10. The molecule has 1 aliphatic rings. The minimum atomic E-state index is -0.335. The van der Waals surface area contributed by atoms with E-state index in [-0.39, 0.29) is 24.6 Å². The van der Waals surface area contributed by atoms with Crippen LogP contribution in [0.15, 0.2) is 85.5 Å². The van der Waals surface area contributed by atoms with Crippen molar-refractivity contribution in [2.75, 3.05) is 13.3 Å². The Morgan fingerprint density at radius 3 is 2.31 bits per heavy atom. The monoisotopic (exact) mass is 509 g/mol. The third kappa shape index (κ3) is 6.66. The van der Waals surface area contributed by atoms with Crippen molar-refractivity contribution < 1.29 is 14.3 Å². The van der Waals surface area contributed by atoms with Gasteiger partial charge in [0.15, 0.2) is 0 Å². The second-order valence-corrected chi connectivity index (χ2v) is 9.53. The van der Waals surface area contributed by atoms with Crippen molar-refractivity contribution in [3.8, 4) is 5.75 Å². The summed E-state index contributed by atoms with van der Waals surface area (Å²) in [7, 11) is 0. The minimum Gasteiger partial charge on any atom is -0.489 e. The zero-order valence-corrected chi connectivity index (χ0v) is 21.0. The Morgan fingerprint density at radius 2 is 1.69 bits per heavy atom. The first-order chi connectivity index (χ1) is 17.0. The molecule has 0 unspecified atom stereocenters. The van der Waals surface area contributed by atoms with Gasteiger partial charge in [-0.3, -0.25) is 4.79 Å². The van der Waals surface area contributed by atoms with Crippen LogP contribution in [0.5, 0.6) is 5.75 Å². The molecule has 2 atom stereocenters. The Labute approximate surface area is 217 Å². The van der Waals surface area contributed by atoms with Gasteiger partial charge in [0.2, 0.25) is 5.91 Å². The largest absolute Gasteiger partial charge is 0.489 e. The second kappa shape index (κ2) is 12.3. The lowest BCUT2D eigenvalue weighted by Crippen LogP contribution is -2.42. The maximum absolute atomic E-state index is 13.6. The highest BCUT2D eigenvalue weighted by Crippen LogP contribution is 2.34. The number of hydrogen-bond acceptors (Lipinski definition) is 3. The summed E-state index contributed by atoms with van der Waals surface area (Å²) < 4.78 is 11.6. The number of benzene rings is 3. The highest BCUT2D eigenvalue weighted by Gasteiger charge is 2.34. The van der Waals surface area contributed by atoms with Crippen LogP contribution in [0.2, 0.25) is 10.0 Å². The molecule has 0 spiro atoms. The van der Waals surface area contributed by atoms with Gasteiger partial charge in [0.1, 0.15) is 19.1 Å². The number of nitrogens with zero attached hydrogens (tertiary/aromatic N) is 1. The number of allylic oxidation sites excluding steroid dienone is 1. The van der Waals surface area contributed by atoms with Crippen molar-refractivity contribution in [3.05, 3.63) is 112 Å². The molecular formula is C29H29Cl2NO3. The van der Waals surface area contributed by atoms with Crippen LogP contribution >= 0.6 is 23.2 Å². The molecule has 3 aromatic rings. The Kier molecular flexibility index (Phi) is 8.86. The van der Waals surface area contributed by atoms with E-state index in [2.05, 4.69) is 18.7 Å². The van der Waals surface area contributed by atoms with Crippen LogP contribution in [-0.2, 0) is 29.0 Å². The van der Waals surface area contributed by atoms with Gasteiger partial charge in [-0.05, 0) is 48.1 Å². The zero-order valence-electron chi connectivity index (χ0n) is 19.5. The maximum atomic E-state index is 13.6. The summed E-state index contributed by atoms with van der Waals surface area (Å²) >= 11 is 13.2. The fourth-order valence-electron chi connectivity index (χ4n) is 4.33. The third-order valence-electron chi connectivity index (χ3n) is 6.19. The standard InChI is InChI=1S/C29H29Cl2NO3/c1-2-9-23(29(33)32-20-34-19-24(32)14-21-10-5-3-6-11-21)15-26-27(30)16-25(17-28(26)31)35-18-22-12-7-4-8-13-22/h2-8,10-13,16-17,23-24H,1,9,14-15,18-20H2/t23-,24+/m0/s1. The fourth-order valence-corrected chi connectivity index (χ4v) is 4.96. The van der Waals surface area contributed by atoms with Crippen molar-refractivity contribution in [2.45, 2.75) is 31.9 Å². The van der Waals surface area contributed by atoms with Crippen molar-refractivity contribution in [1.29, 1.82) is 0 Å². The highest BCUT2D eigenvalue weighted by molar-refractivity contribution is 6.36. The normalized spacial score (nSPS) is 16.2. The van der Waals surface area contributed by atoms with Gasteiger partial charge < -0.3 is 14.4 Å². The summed E-state index contributed by atoms with van der Waals surface area (Å²) in [6.07, 6.45) is 3.45. The van der Waals surface area contributed by atoms with Gasteiger partial charge in [-0.25, -0.2) is 0 Å². The summed E-state index contributed by atoms with van der Waals surface area (Å²) in [6, 6.07) is 23.6. The topological polar surface area (TPSA) is 38.8 Å². The van der Waals surface area contributed by atoms with Gasteiger partial charge in [0.05, 0.1) is 12.6 Å². The molecule has 1 saturated heterocycles. The van der Waals surface area contributed by atoms with E-state index in [0.717, 1.165) is 17.5 Å². The molecule has 0 N–H and O–H groups in total. The third-order valence-corrected chi connectivity index (χ3v) is 6.87. The lowest BCUT2D eigenvalue weighted by Gasteiger charge is -2.27. The number of amides is 1. The van der Waals surface area contributed by atoms with Crippen molar-refractivity contribution in [2.24, 2.45) is 5.92 Å². The average Bonchev–Trinajstić information content (AvgIpc) is 3.33. The van der Waals surface area contributed by atoms with E-state index in [1.54, 1.807) is 18.2 Å². The first-order valence-corrected chi connectivity index (χ1v) is 12.5.